The molecule has 3 aromatic carbocycles. The van der Waals surface area contributed by atoms with Crippen LogP contribution in [-0.2, 0) is 14.6 Å². The van der Waals surface area contributed by atoms with Gasteiger partial charge in [0.15, 0.2) is 6.10 Å². The van der Waals surface area contributed by atoms with Gasteiger partial charge in [0.1, 0.15) is 10.7 Å². The molecule has 1 aliphatic heterocycles. The predicted molar refractivity (Wildman–Crippen MR) is 139 cm³/mol. The van der Waals surface area contributed by atoms with Crippen LogP contribution in [0, 0.1) is 6.92 Å². The molecule has 0 N–H and O–H groups in total. The molecule has 0 amide bonds. The summed E-state index contributed by atoms with van der Waals surface area (Å²) in [4.78, 5) is 14.3. The Kier molecular flexibility index (Phi) is 6.36. The van der Waals surface area contributed by atoms with Gasteiger partial charge in [-0.05, 0) is 42.1 Å². The number of hydrogen-bond acceptors (Lipinski definition) is 5. The van der Waals surface area contributed by atoms with E-state index in [1.165, 1.54) is 11.3 Å². The van der Waals surface area contributed by atoms with E-state index in [0.29, 0.717) is 21.0 Å². The predicted octanol–water partition coefficient (Wildman–Crippen LogP) is 6.92. The summed E-state index contributed by atoms with van der Waals surface area (Å²) >= 11 is 7.89. The number of carbonyl (C=O) groups is 1. The van der Waals surface area contributed by atoms with E-state index in [1.807, 2.05) is 18.4 Å². The van der Waals surface area contributed by atoms with Crippen molar-refractivity contribution in [2.24, 2.45) is 0 Å². The molecule has 4 nitrogen and oxygen atoms in total. The van der Waals surface area contributed by atoms with Crippen LogP contribution in [-0.4, -0.2) is 20.3 Å². The molecule has 4 aromatic rings. The Morgan fingerprint density at radius 1 is 0.886 bits per heavy atom. The maximum absolute atomic E-state index is 14.2. The first kappa shape index (κ1) is 23.5. The highest BCUT2D eigenvalue weighted by Gasteiger charge is 2.49. The average Bonchev–Trinajstić information content (AvgIpc) is 3.54. The molecule has 0 spiro atoms. The molecular weight excluding hydrogens is 500 g/mol. The second-order valence-electron chi connectivity index (χ2n) is 8.26. The molecule has 0 bridgehead atoms. The largest absolute Gasteiger partial charge is 0.480 e. The molecule has 176 valence electrons. The Bertz CT molecular complexity index is 1510. The quantitative estimate of drug-likeness (QED) is 0.259. The number of sulfone groups is 1. The summed E-state index contributed by atoms with van der Waals surface area (Å²) in [6.07, 6.45) is -1.08. The first-order valence-electron chi connectivity index (χ1n) is 11.0. The van der Waals surface area contributed by atoms with Crippen molar-refractivity contribution in [3.63, 3.8) is 0 Å². The minimum absolute atomic E-state index is 0.0376. The van der Waals surface area contributed by atoms with Crippen molar-refractivity contribution in [1.82, 2.24) is 0 Å². The van der Waals surface area contributed by atoms with Crippen LogP contribution in [0.5, 0.6) is 0 Å². The third-order valence-electron chi connectivity index (χ3n) is 5.97. The van der Waals surface area contributed by atoms with Crippen molar-refractivity contribution in [1.29, 1.82) is 0 Å². The van der Waals surface area contributed by atoms with Crippen molar-refractivity contribution in [3.8, 4) is 0 Å². The van der Waals surface area contributed by atoms with Crippen LogP contribution < -0.4 is 0 Å². The van der Waals surface area contributed by atoms with E-state index < -0.39 is 21.9 Å². The molecule has 1 aliphatic rings. The summed E-state index contributed by atoms with van der Waals surface area (Å²) in [6.45, 7) is 1.89. The van der Waals surface area contributed by atoms with Crippen molar-refractivity contribution in [2.45, 2.75) is 23.8 Å². The summed E-state index contributed by atoms with van der Waals surface area (Å²) in [5, 5.41) is 2.18. The summed E-state index contributed by atoms with van der Waals surface area (Å²) in [5.74, 6) is -1.03. The fourth-order valence-corrected chi connectivity index (χ4v) is 6.95. The van der Waals surface area contributed by atoms with E-state index in [1.54, 1.807) is 84.9 Å². The molecular formula is C28H21ClO4S2. The van der Waals surface area contributed by atoms with Gasteiger partial charge in [-0.2, -0.15) is 0 Å². The van der Waals surface area contributed by atoms with Gasteiger partial charge in [0.25, 0.3) is 0 Å². The van der Waals surface area contributed by atoms with Crippen molar-refractivity contribution >= 4 is 44.3 Å². The summed E-state index contributed by atoms with van der Waals surface area (Å²) in [6, 6.07) is 26.2. The fourth-order valence-electron chi connectivity index (χ4n) is 4.26. The maximum atomic E-state index is 14.2. The van der Waals surface area contributed by atoms with Gasteiger partial charge in [-0.25, -0.2) is 8.42 Å². The van der Waals surface area contributed by atoms with Gasteiger partial charge in [0.05, 0.1) is 15.7 Å². The van der Waals surface area contributed by atoms with Crippen LogP contribution in [0.3, 0.4) is 0 Å². The molecule has 0 saturated carbocycles. The van der Waals surface area contributed by atoms with Crippen LogP contribution in [0.25, 0.3) is 5.76 Å². The van der Waals surface area contributed by atoms with Crippen LogP contribution >= 0.6 is 22.9 Å². The van der Waals surface area contributed by atoms with Gasteiger partial charge < -0.3 is 4.74 Å². The van der Waals surface area contributed by atoms with E-state index in [9.17, 15) is 13.2 Å². The number of thiophene rings is 1. The number of Topliss-reactive ketones (excluding diaryl/α,β-unsaturated/α-hetero) is 1. The highest BCUT2D eigenvalue weighted by Crippen LogP contribution is 2.49. The molecule has 1 aromatic heterocycles. The Labute approximate surface area is 213 Å². The minimum Gasteiger partial charge on any atom is -0.480 e. The minimum atomic E-state index is -4.05. The Balaban J connectivity index is 1.78. The third-order valence-corrected chi connectivity index (χ3v) is 9.11. The molecule has 0 aliphatic carbocycles. The second kappa shape index (κ2) is 9.46. The molecule has 0 fully saturated rings. The third kappa shape index (κ3) is 4.33. The fraction of sp³-hybridized carbons (Fsp3) is 0.107. The molecule has 2 atom stereocenters. The highest BCUT2D eigenvalue weighted by atomic mass is 35.5. The first-order valence-corrected chi connectivity index (χ1v) is 13.7. The van der Waals surface area contributed by atoms with Crippen LogP contribution in [0.1, 0.15) is 32.3 Å². The molecule has 35 heavy (non-hydrogen) atoms. The molecule has 0 saturated heterocycles. The zero-order valence-electron chi connectivity index (χ0n) is 18.7. The lowest BCUT2D eigenvalue weighted by molar-refractivity contribution is 0.0759. The number of halogens is 1. The highest BCUT2D eigenvalue weighted by molar-refractivity contribution is 7.95. The molecule has 0 unspecified atom stereocenters. The zero-order chi connectivity index (χ0) is 24.6. The van der Waals surface area contributed by atoms with E-state index in [0.717, 1.165) is 5.56 Å². The first-order chi connectivity index (χ1) is 16.9. The summed E-state index contributed by atoms with van der Waals surface area (Å²) in [5.41, 5.74) is 2.05. The monoisotopic (exact) mass is 520 g/mol. The molecule has 7 heteroatoms. The van der Waals surface area contributed by atoms with Gasteiger partial charge in [0.2, 0.25) is 15.6 Å². The SMILES string of the molecule is Cc1ccc(S(=O)(=O)C2=C(c3ccccc3)O[C@H](C(=O)c3cccs3)[C@H]2c2ccccc2Cl)cc1. The standard InChI is InChI=1S/C28H21ClO4S2/c1-18-13-15-20(16-14-18)35(31,32)28-24(21-10-5-6-11-22(21)29)27(25(30)23-12-7-17-34-23)33-26(28)19-8-3-2-4-9-19/h2-17,24,27H,1H3/t24-,27+/m1/s1. The van der Waals surface area contributed by atoms with Crippen LogP contribution in [0.2, 0.25) is 5.02 Å². The van der Waals surface area contributed by atoms with Gasteiger partial charge in [-0.15, -0.1) is 11.3 Å². The lowest BCUT2D eigenvalue weighted by atomic mass is 9.90. The number of ether oxygens (including phenoxy) is 1. The van der Waals surface area contributed by atoms with Crippen LogP contribution in [0.4, 0.5) is 0 Å². The number of benzene rings is 3. The van der Waals surface area contributed by atoms with Crippen molar-refractivity contribution in [3.05, 3.63) is 128 Å². The Hall–Kier alpha value is -3.19. The van der Waals surface area contributed by atoms with Crippen molar-refractivity contribution < 1.29 is 17.9 Å². The Morgan fingerprint density at radius 3 is 2.23 bits per heavy atom. The number of ketones is 1. The number of rotatable bonds is 6. The smallest absolute Gasteiger partial charge is 0.214 e. The summed E-state index contributed by atoms with van der Waals surface area (Å²) < 4.78 is 34.7. The molecule has 5 rings (SSSR count). The van der Waals surface area contributed by atoms with Gasteiger partial charge >= 0.3 is 0 Å². The lowest BCUT2D eigenvalue weighted by Crippen LogP contribution is -2.28. The van der Waals surface area contributed by atoms with Crippen molar-refractivity contribution in [2.75, 3.05) is 0 Å². The van der Waals surface area contributed by atoms with E-state index >= 15 is 0 Å². The van der Waals surface area contributed by atoms with Crippen LogP contribution in [0.15, 0.2) is 106 Å². The number of hydrogen-bond donors (Lipinski definition) is 0. The Morgan fingerprint density at radius 2 is 1.57 bits per heavy atom. The zero-order valence-corrected chi connectivity index (χ0v) is 21.1. The number of carbonyl (C=O) groups excluding carboxylic acids is 1. The van der Waals surface area contributed by atoms with E-state index in [4.69, 9.17) is 16.3 Å². The maximum Gasteiger partial charge on any atom is 0.214 e. The van der Waals surface area contributed by atoms with Gasteiger partial charge in [-0.3, -0.25) is 4.79 Å². The van der Waals surface area contributed by atoms with Gasteiger partial charge in [0, 0.05) is 10.6 Å². The second-order valence-corrected chi connectivity index (χ2v) is 11.5. The molecule has 0 radical (unpaired) electrons. The molecule has 2 heterocycles. The van der Waals surface area contributed by atoms with E-state index in [-0.39, 0.29) is 21.3 Å². The normalized spacial score (nSPS) is 17.9. The topological polar surface area (TPSA) is 60.4 Å². The average molecular weight is 521 g/mol. The van der Waals surface area contributed by atoms with E-state index in [2.05, 4.69) is 0 Å². The lowest BCUT2D eigenvalue weighted by Gasteiger charge is -2.21. The number of aryl methyl sites for hydroxylation is 1. The summed E-state index contributed by atoms with van der Waals surface area (Å²) in [7, 11) is -4.05. The van der Waals surface area contributed by atoms with Gasteiger partial charge in [-0.1, -0.05) is 83.9 Å².